The molecule has 0 saturated carbocycles. The van der Waals surface area contributed by atoms with Gasteiger partial charge in [0.1, 0.15) is 16.6 Å². The van der Waals surface area contributed by atoms with Crippen LogP contribution in [0.3, 0.4) is 0 Å². The van der Waals surface area contributed by atoms with E-state index in [-0.39, 0.29) is 0 Å². The predicted molar refractivity (Wildman–Crippen MR) is 85.0 cm³/mol. The molecule has 1 N–H and O–H groups in total. The number of nitrogens with one attached hydrogen (secondary N) is 1. The molecule has 0 radical (unpaired) electrons. The van der Waals surface area contributed by atoms with Crippen LogP contribution in [-0.2, 0) is 0 Å². The first-order valence-electron chi connectivity index (χ1n) is 6.37. The Bertz CT molecular complexity index is 687. The van der Waals surface area contributed by atoms with Crippen LogP contribution < -0.4 is 5.32 Å². The lowest BCUT2D eigenvalue weighted by Crippen LogP contribution is -2.05. The molecule has 2 heterocycles. The number of hydrogen-bond acceptors (Lipinski definition) is 4. The van der Waals surface area contributed by atoms with Crippen LogP contribution in [0.25, 0.3) is 16.8 Å². The summed E-state index contributed by atoms with van der Waals surface area (Å²) in [6.45, 7) is 0.950. The van der Waals surface area contributed by atoms with E-state index in [1.165, 1.54) is 11.3 Å². The molecule has 1 aliphatic heterocycles. The van der Waals surface area contributed by atoms with Crippen LogP contribution in [0.1, 0.15) is 17.8 Å². The smallest absolute Gasteiger partial charge is 0.136 e. The average Bonchev–Trinajstić information content (AvgIpc) is 3.12. The predicted octanol–water partition coefficient (Wildman–Crippen LogP) is 4.19. The number of halogens is 1. The molecule has 1 fully saturated rings. The van der Waals surface area contributed by atoms with Gasteiger partial charge >= 0.3 is 0 Å². The molecule has 1 saturated heterocycles. The van der Waals surface area contributed by atoms with E-state index < -0.39 is 0 Å². The highest BCUT2D eigenvalue weighted by molar-refractivity contribution is 9.10. The van der Waals surface area contributed by atoms with Crippen LogP contribution in [-0.4, -0.2) is 11.5 Å². The van der Waals surface area contributed by atoms with E-state index in [1.807, 2.05) is 29.6 Å². The van der Waals surface area contributed by atoms with E-state index in [9.17, 15) is 5.26 Å². The molecule has 1 aromatic heterocycles. The van der Waals surface area contributed by atoms with Crippen molar-refractivity contribution < 1.29 is 0 Å². The molecule has 5 heteroatoms. The van der Waals surface area contributed by atoms with E-state index in [1.54, 1.807) is 0 Å². The van der Waals surface area contributed by atoms with Crippen LogP contribution in [0.4, 0.5) is 0 Å². The molecular formula is C15H12BrN3S. The number of allylic oxidation sites excluding steroid dienone is 2. The number of thiazole rings is 1. The summed E-state index contributed by atoms with van der Waals surface area (Å²) < 4.78 is 1.05. The second-order valence-corrected chi connectivity index (χ2v) is 6.31. The van der Waals surface area contributed by atoms with Gasteiger partial charge in [0, 0.05) is 27.7 Å². The molecule has 100 valence electrons. The van der Waals surface area contributed by atoms with Crippen molar-refractivity contribution >= 4 is 32.8 Å². The highest BCUT2D eigenvalue weighted by Gasteiger charge is 2.16. The molecule has 0 bridgehead atoms. The van der Waals surface area contributed by atoms with Crippen molar-refractivity contribution in [1.29, 1.82) is 5.26 Å². The van der Waals surface area contributed by atoms with Crippen molar-refractivity contribution in [3.8, 4) is 17.3 Å². The fourth-order valence-electron chi connectivity index (χ4n) is 2.19. The Hall–Kier alpha value is -1.64. The molecular weight excluding hydrogens is 334 g/mol. The van der Waals surface area contributed by atoms with E-state index in [4.69, 9.17) is 0 Å². The Kier molecular flexibility index (Phi) is 3.86. The number of nitrogens with zero attached hydrogens (tertiary/aromatic N) is 2. The van der Waals surface area contributed by atoms with E-state index in [2.05, 4.69) is 32.3 Å². The van der Waals surface area contributed by atoms with Gasteiger partial charge in [-0.25, -0.2) is 4.98 Å². The van der Waals surface area contributed by atoms with Crippen molar-refractivity contribution in [2.45, 2.75) is 12.8 Å². The van der Waals surface area contributed by atoms with Crippen molar-refractivity contribution in [3.63, 3.8) is 0 Å². The molecule has 2 aromatic rings. The second kappa shape index (κ2) is 5.78. The Labute approximate surface area is 130 Å². The van der Waals surface area contributed by atoms with E-state index in [0.717, 1.165) is 45.8 Å². The van der Waals surface area contributed by atoms with Crippen molar-refractivity contribution in [2.75, 3.05) is 6.54 Å². The summed E-state index contributed by atoms with van der Waals surface area (Å²) in [5.74, 6) is 0. The van der Waals surface area contributed by atoms with Crippen molar-refractivity contribution in [2.24, 2.45) is 0 Å². The lowest BCUT2D eigenvalue weighted by atomic mass is 10.1. The Morgan fingerprint density at radius 1 is 1.35 bits per heavy atom. The van der Waals surface area contributed by atoms with Crippen molar-refractivity contribution in [1.82, 2.24) is 10.3 Å². The normalized spacial score (nSPS) is 16.6. The van der Waals surface area contributed by atoms with E-state index in [0.29, 0.717) is 5.57 Å². The zero-order valence-corrected chi connectivity index (χ0v) is 13.1. The zero-order valence-electron chi connectivity index (χ0n) is 10.7. The van der Waals surface area contributed by atoms with Crippen LogP contribution >= 0.6 is 27.3 Å². The number of benzene rings is 1. The quantitative estimate of drug-likeness (QED) is 0.830. The number of aromatic nitrogens is 1. The van der Waals surface area contributed by atoms with Gasteiger partial charge in [-0.3, -0.25) is 0 Å². The summed E-state index contributed by atoms with van der Waals surface area (Å²) in [4.78, 5) is 4.61. The third-order valence-corrected chi connectivity index (χ3v) is 4.60. The minimum absolute atomic E-state index is 0.691. The minimum atomic E-state index is 0.691. The van der Waals surface area contributed by atoms with Crippen LogP contribution in [0, 0.1) is 11.3 Å². The maximum atomic E-state index is 9.37. The summed E-state index contributed by atoms with van der Waals surface area (Å²) in [5.41, 5.74) is 3.71. The molecule has 1 aromatic carbocycles. The SMILES string of the molecule is N#C/C(=C1\CCCN1)c1nc(-c2ccc(Br)cc2)cs1. The molecule has 0 amide bonds. The molecule has 3 nitrogen and oxygen atoms in total. The summed E-state index contributed by atoms with van der Waals surface area (Å²) in [5, 5.41) is 15.5. The van der Waals surface area contributed by atoms with Gasteiger partial charge in [-0.05, 0) is 25.0 Å². The second-order valence-electron chi connectivity index (χ2n) is 4.54. The fourth-order valence-corrected chi connectivity index (χ4v) is 3.31. The number of nitriles is 1. The van der Waals surface area contributed by atoms with Crippen LogP contribution in [0.5, 0.6) is 0 Å². The monoisotopic (exact) mass is 345 g/mol. The first kappa shape index (κ1) is 13.3. The molecule has 1 aliphatic rings. The standard InChI is InChI=1S/C15H12BrN3S/c16-11-5-3-10(4-6-11)14-9-20-15(19-14)12(8-17)13-2-1-7-18-13/h3-6,9,18H,1-2,7H2/b13-12-. The average molecular weight is 346 g/mol. The molecule has 20 heavy (non-hydrogen) atoms. The third-order valence-electron chi connectivity index (χ3n) is 3.21. The maximum Gasteiger partial charge on any atom is 0.136 e. The topological polar surface area (TPSA) is 48.7 Å². The zero-order chi connectivity index (χ0) is 13.9. The fraction of sp³-hybridized carbons (Fsp3) is 0.200. The summed E-state index contributed by atoms with van der Waals surface area (Å²) >= 11 is 4.95. The van der Waals surface area contributed by atoms with Gasteiger partial charge < -0.3 is 5.32 Å². The molecule has 0 atom stereocenters. The first-order chi connectivity index (χ1) is 9.78. The Balaban J connectivity index is 1.96. The molecule has 0 spiro atoms. The van der Waals surface area contributed by atoms with Crippen LogP contribution in [0.15, 0.2) is 39.8 Å². The van der Waals surface area contributed by atoms with Gasteiger partial charge in [-0.2, -0.15) is 5.26 Å². The van der Waals surface area contributed by atoms with Gasteiger partial charge in [0.05, 0.1) is 5.69 Å². The highest BCUT2D eigenvalue weighted by atomic mass is 79.9. The first-order valence-corrected chi connectivity index (χ1v) is 8.04. The Morgan fingerprint density at radius 3 is 2.80 bits per heavy atom. The summed E-state index contributed by atoms with van der Waals surface area (Å²) in [6.07, 6.45) is 2.03. The lowest BCUT2D eigenvalue weighted by Gasteiger charge is -2.01. The lowest BCUT2D eigenvalue weighted by molar-refractivity contribution is 0.904. The number of rotatable bonds is 2. The molecule has 0 aliphatic carbocycles. The summed E-state index contributed by atoms with van der Waals surface area (Å²) in [7, 11) is 0. The maximum absolute atomic E-state index is 9.37. The Morgan fingerprint density at radius 2 is 2.15 bits per heavy atom. The largest absolute Gasteiger partial charge is 0.387 e. The minimum Gasteiger partial charge on any atom is -0.387 e. The highest BCUT2D eigenvalue weighted by Crippen LogP contribution is 2.29. The molecule has 3 rings (SSSR count). The third kappa shape index (κ3) is 2.62. The van der Waals surface area contributed by atoms with Gasteiger partial charge in [-0.15, -0.1) is 11.3 Å². The summed E-state index contributed by atoms with van der Waals surface area (Å²) in [6, 6.07) is 10.3. The van der Waals surface area contributed by atoms with Gasteiger partial charge in [0.25, 0.3) is 0 Å². The van der Waals surface area contributed by atoms with Crippen LogP contribution in [0.2, 0.25) is 0 Å². The number of hydrogen-bond donors (Lipinski definition) is 1. The van der Waals surface area contributed by atoms with Crippen molar-refractivity contribution in [3.05, 3.63) is 44.8 Å². The van der Waals surface area contributed by atoms with Gasteiger partial charge in [0.2, 0.25) is 0 Å². The molecule has 0 unspecified atom stereocenters. The van der Waals surface area contributed by atoms with Gasteiger partial charge in [0.15, 0.2) is 0 Å². The van der Waals surface area contributed by atoms with Gasteiger partial charge in [-0.1, -0.05) is 28.1 Å². The van der Waals surface area contributed by atoms with E-state index >= 15 is 0 Å².